The highest BCUT2D eigenvalue weighted by atomic mass is 19.4. The number of alkyl halides is 3. The molecule has 2 aromatic rings. The van der Waals surface area contributed by atoms with Gasteiger partial charge in [-0.25, -0.2) is 0 Å². The molecule has 0 saturated carbocycles. The Hall–Kier alpha value is -2.59. The normalized spacial score (nSPS) is 21.4. The minimum absolute atomic E-state index is 0.00216. The summed E-state index contributed by atoms with van der Waals surface area (Å²) in [5.74, 6) is -0.733. The van der Waals surface area contributed by atoms with Crippen LogP contribution in [0.15, 0.2) is 29.3 Å². The van der Waals surface area contributed by atoms with E-state index < -0.39 is 17.6 Å². The van der Waals surface area contributed by atoms with E-state index in [2.05, 4.69) is 31.1 Å². The van der Waals surface area contributed by atoms with Crippen LogP contribution in [0.4, 0.5) is 18.9 Å². The highest BCUT2D eigenvalue weighted by Gasteiger charge is 2.32. The monoisotopic (exact) mass is 508 g/mol. The van der Waals surface area contributed by atoms with E-state index in [0.29, 0.717) is 37.5 Å². The van der Waals surface area contributed by atoms with Gasteiger partial charge in [-0.05, 0) is 43.9 Å². The number of aromatic nitrogens is 2. The molecular formula is C26H35F3N4O3. The fraction of sp³-hybridized carbons (Fsp3) is 0.615. The second-order valence-corrected chi connectivity index (χ2v) is 10.6. The molecule has 2 atom stereocenters. The zero-order chi connectivity index (χ0) is 26.1. The first-order chi connectivity index (χ1) is 16.9. The molecule has 4 rings (SSSR count). The second-order valence-electron chi connectivity index (χ2n) is 10.6. The Bertz CT molecular complexity index is 1150. The maximum atomic E-state index is 13.5. The molecule has 36 heavy (non-hydrogen) atoms. The molecule has 1 aromatic heterocycles. The summed E-state index contributed by atoms with van der Waals surface area (Å²) in [5, 5.41) is 3.11. The van der Waals surface area contributed by atoms with E-state index in [9.17, 15) is 18.0 Å². The van der Waals surface area contributed by atoms with Crippen LogP contribution in [0.5, 0.6) is 0 Å². The maximum absolute atomic E-state index is 13.5. The van der Waals surface area contributed by atoms with Gasteiger partial charge in [0.25, 0.3) is 5.91 Å². The molecule has 2 aliphatic heterocycles. The smallest absolute Gasteiger partial charge is 0.382 e. The number of halogens is 3. The molecule has 198 valence electrons. The summed E-state index contributed by atoms with van der Waals surface area (Å²) < 4.78 is 55.7. The quantitative estimate of drug-likeness (QED) is 0.617. The molecule has 0 spiro atoms. The van der Waals surface area contributed by atoms with Crippen molar-refractivity contribution in [3.05, 3.63) is 46.6 Å². The van der Waals surface area contributed by atoms with Gasteiger partial charge in [-0.15, -0.1) is 0 Å². The zero-order valence-electron chi connectivity index (χ0n) is 21.3. The molecule has 1 aromatic carbocycles. The number of hydrogen-bond acceptors (Lipinski definition) is 4. The average molecular weight is 509 g/mol. The van der Waals surface area contributed by atoms with Crippen LogP contribution in [-0.2, 0) is 34.7 Å². The molecule has 1 amide bonds. The van der Waals surface area contributed by atoms with Crippen LogP contribution in [0.3, 0.4) is 0 Å². The molecule has 2 saturated heterocycles. The lowest BCUT2D eigenvalue weighted by Gasteiger charge is -2.21. The van der Waals surface area contributed by atoms with E-state index in [-0.39, 0.29) is 23.2 Å². The van der Waals surface area contributed by atoms with Crippen molar-refractivity contribution in [1.29, 1.82) is 0 Å². The number of benzene rings is 1. The van der Waals surface area contributed by atoms with Gasteiger partial charge in [-0.2, -0.15) is 18.2 Å². The van der Waals surface area contributed by atoms with Gasteiger partial charge < -0.3 is 14.8 Å². The minimum Gasteiger partial charge on any atom is -0.382 e. The highest BCUT2D eigenvalue weighted by Crippen LogP contribution is 2.32. The zero-order valence-corrected chi connectivity index (χ0v) is 21.3. The third-order valence-electron chi connectivity index (χ3n) is 6.75. The number of anilines is 1. The number of amides is 1. The SMILES string of the molecule is Cn1c(C(C)(C)C)cc(=NC(=O)c2cc(C(F)(F)F)ccc2NC[C@H]2CCCO2)n1C[C@H]1CCCO1. The maximum Gasteiger partial charge on any atom is 0.416 e. The van der Waals surface area contributed by atoms with Gasteiger partial charge in [-0.1, -0.05) is 20.8 Å². The van der Waals surface area contributed by atoms with Crippen molar-refractivity contribution in [3.63, 3.8) is 0 Å². The third-order valence-corrected chi connectivity index (χ3v) is 6.75. The summed E-state index contributed by atoms with van der Waals surface area (Å²) in [4.78, 5) is 17.7. The van der Waals surface area contributed by atoms with E-state index in [1.807, 2.05) is 22.5 Å². The van der Waals surface area contributed by atoms with Crippen molar-refractivity contribution in [1.82, 2.24) is 9.36 Å². The van der Waals surface area contributed by atoms with Crippen LogP contribution in [0.1, 0.15) is 68.1 Å². The van der Waals surface area contributed by atoms with Crippen molar-refractivity contribution < 1.29 is 27.4 Å². The molecule has 0 radical (unpaired) electrons. The molecule has 0 unspecified atom stereocenters. The largest absolute Gasteiger partial charge is 0.416 e. The first-order valence-electron chi connectivity index (χ1n) is 12.5. The number of nitrogens with zero attached hydrogens (tertiary/aromatic N) is 3. The number of rotatable bonds is 6. The van der Waals surface area contributed by atoms with Crippen LogP contribution in [0, 0.1) is 0 Å². The highest BCUT2D eigenvalue weighted by molar-refractivity contribution is 6.00. The van der Waals surface area contributed by atoms with Crippen LogP contribution in [0.2, 0.25) is 0 Å². The first kappa shape index (κ1) is 26.5. The lowest BCUT2D eigenvalue weighted by molar-refractivity contribution is -0.137. The Kier molecular flexibility index (Phi) is 7.66. The summed E-state index contributed by atoms with van der Waals surface area (Å²) in [6, 6.07) is 4.99. The predicted octanol–water partition coefficient (Wildman–Crippen LogP) is 4.65. The molecule has 1 N–H and O–H groups in total. The van der Waals surface area contributed by atoms with Gasteiger partial charge in [0.15, 0.2) is 5.49 Å². The van der Waals surface area contributed by atoms with Crippen molar-refractivity contribution >= 4 is 11.6 Å². The molecule has 10 heteroatoms. The van der Waals surface area contributed by atoms with E-state index in [1.54, 1.807) is 0 Å². The first-order valence-corrected chi connectivity index (χ1v) is 12.5. The molecule has 7 nitrogen and oxygen atoms in total. The molecule has 2 fully saturated rings. The van der Waals surface area contributed by atoms with Gasteiger partial charge in [0, 0.05) is 49.7 Å². The van der Waals surface area contributed by atoms with Gasteiger partial charge in [-0.3, -0.25) is 14.2 Å². The van der Waals surface area contributed by atoms with Crippen molar-refractivity contribution in [2.45, 2.75) is 76.8 Å². The lowest BCUT2D eigenvalue weighted by Crippen LogP contribution is -2.30. The van der Waals surface area contributed by atoms with Gasteiger partial charge in [0.1, 0.15) is 0 Å². The molecule has 0 bridgehead atoms. The molecule has 3 heterocycles. The van der Waals surface area contributed by atoms with Gasteiger partial charge >= 0.3 is 6.18 Å². The summed E-state index contributed by atoms with van der Waals surface area (Å²) >= 11 is 0. The average Bonchev–Trinajstić information content (AvgIpc) is 3.55. The molecular weight excluding hydrogens is 473 g/mol. The lowest BCUT2D eigenvalue weighted by atomic mass is 9.92. The Labute approximate surface area is 209 Å². The summed E-state index contributed by atoms with van der Waals surface area (Å²) in [6.07, 6.45) is -0.937. The summed E-state index contributed by atoms with van der Waals surface area (Å²) in [5.41, 5.74) is 0.420. The fourth-order valence-corrected chi connectivity index (χ4v) is 4.81. The van der Waals surface area contributed by atoms with Crippen LogP contribution < -0.4 is 10.8 Å². The topological polar surface area (TPSA) is 69.8 Å². The van der Waals surface area contributed by atoms with E-state index >= 15 is 0 Å². The van der Waals surface area contributed by atoms with Crippen molar-refractivity contribution in [3.8, 4) is 0 Å². The standard InChI is InChI=1S/C26H35F3N4O3/c1-25(2,3)22-14-23(33(32(22)4)16-19-8-6-12-36-19)31-24(34)20-13-17(26(27,28)29)9-10-21(20)30-15-18-7-5-11-35-18/h9-10,13-14,18-19,30H,5-8,11-12,15-16H2,1-4H3/t18-,19-/m1/s1. The fourth-order valence-electron chi connectivity index (χ4n) is 4.81. The number of carbonyl (C=O) groups excluding carboxylic acids is 1. The predicted molar refractivity (Wildman–Crippen MR) is 130 cm³/mol. The van der Waals surface area contributed by atoms with E-state index in [1.165, 1.54) is 6.07 Å². The van der Waals surface area contributed by atoms with Crippen molar-refractivity contribution in [2.75, 3.05) is 25.1 Å². The van der Waals surface area contributed by atoms with E-state index in [0.717, 1.165) is 43.5 Å². The molecule has 0 aliphatic carbocycles. The van der Waals surface area contributed by atoms with Crippen LogP contribution >= 0.6 is 0 Å². The number of carbonyl (C=O) groups is 1. The van der Waals surface area contributed by atoms with Gasteiger partial charge in [0.2, 0.25) is 0 Å². The third kappa shape index (κ3) is 6.03. The minimum atomic E-state index is -4.58. The number of ether oxygens (including phenoxy) is 2. The van der Waals surface area contributed by atoms with Crippen LogP contribution in [0.25, 0.3) is 0 Å². The number of hydrogen-bond donors (Lipinski definition) is 1. The molecule has 2 aliphatic rings. The number of nitrogens with one attached hydrogen (secondary N) is 1. The van der Waals surface area contributed by atoms with Gasteiger partial charge in [0.05, 0.1) is 29.9 Å². The van der Waals surface area contributed by atoms with Crippen molar-refractivity contribution in [2.24, 2.45) is 12.0 Å². The summed E-state index contributed by atoms with van der Waals surface area (Å²) in [6.45, 7) is 8.45. The Morgan fingerprint density at radius 2 is 1.75 bits per heavy atom. The van der Waals surface area contributed by atoms with Crippen LogP contribution in [-0.4, -0.2) is 47.2 Å². The Balaban J connectivity index is 1.74. The summed E-state index contributed by atoms with van der Waals surface area (Å²) in [7, 11) is 1.90. The van der Waals surface area contributed by atoms with E-state index in [4.69, 9.17) is 9.47 Å². The Morgan fingerprint density at radius 1 is 1.08 bits per heavy atom. The second kappa shape index (κ2) is 10.4. The Morgan fingerprint density at radius 3 is 2.33 bits per heavy atom.